The smallest absolute Gasteiger partial charge is 0.0490 e. The molecule has 0 saturated heterocycles. The molecular formula is C10H18O. The minimum absolute atomic E-state index is 0.387. The fraction of sp³-hybridized carbons (Fsp3) is 1.00. The van der Waals surface area contributed by atoms with Crippen LogP contribution in [0.5, 0.6) is 0 Å². The molecule has 2 saturated carbocycles. The molecule has 64 valence electrons. The zero-order valence-corrected chi connectivity index (χ0v) is 7.18. The highest BCUT2D eigenvalue weighted by molar-refractivity contribution is 4.95. The standard InChI is InChI=1S/C10H18O/c11-8-10(9-4-5-9)6-2-1-3-7-10/h9,11H,1-8H2. The van der Waals surface area contributed by atoms with Gasteiger partial charge in [-0.25, -0.2) is 0 Å². The average molecular weight is 154 g/mol. The summed E-state index contributed by atoms with van der Waals surface area (Å²) in [5.41, 5.74) is 0.387. The van der Waals surface area contributed by atoms with Gasteiger partial charge in [0, 0.05) is 6.61 Å². The van der Waals surface area contributed by atoms with Crippen molar-refractivity contribution in [3.63, 3.8) is 0 Å². The maximum absolute atomic E-state index is 9.35. The van der Waals surface area contributed by atoms with E-state index < -0.39 is 0 Å². The fourth-order valence-electron chi connectivity index (χ4n) is 2.65. The molecule has 0 atom stereocenters. The van der Waals surface area contributed by atoms with Gasteiger partial charge in [0.2, 0.25) is 0 Å². The Hall–Kier alpha value is -0.0400. The predicted octanol–water partition coefficient (Wildman–Crippen LogP) is 2.34. The van der Waals surface area contributed by atoms with Crippen LogP contribution in [0, 0.1) is 11.3 Å². The molecule has 11 heavy (non-hydrogen) atoms. The van der Waals surface area contributed by atoms with E-state index in [4.69, 9.17) is 0 Å². The van der Waals surface area contributed by atoms with E-state index in [9.17, 15) is 5.11 Å². The van der Waals surface area contributed by atoms with Gasteiger partial charge >= 0.3 is 0 Å². The molecule has 2 fully saturated rings. The lowest BCUT2D eigenvalue weighted by Crippen LogP contribution is -2.30. The van der Waals surface area contributed by atoms with Crippen molar-refractivity contribution in [2.45, 2.75) is 44.9 Å². The summed E-state index contributed by atoms with van der Waals surface area (Å²) >= 11 is 0. The zero-order valence-electron chi connectivity index (χ0n) is 7.18. The van der Waals surface area contributed by atoms with Crippen LogP contribution in [-0.4, -0.2) is 11.7 Å². The van der Waals surface area contributed by atoms with Gasteiger partial charge in [-0.15, -0.1) is 0 Å². The molecular weight excluding hydrogens is 136 g/mol. The van der Waals surface area contributed by atoms with Crippen molar-refractivity contribution >= 4 is 0 Å². The molecule has 0 radical (unpaired) electrons. The van der Waals surface area contributed by atoms with Gasteiger partial charge in [0.05, 0.1) is 0 Å². The van der Waals surface area contributed by atoms with Gasteiger partial charge in [0.1, 0.15) is 0 Å². The van der Waals surface area contributed by atoms with Crippen LogP contribution in [-0.2, 0) is 0 Å². The summed E-state index contributed by atoms with van der Waals surface area (Å²) in [7, 11) is 0. The molecule has 0 bridgehead atoms. The highest BCUT2D eigenvalue weighted by atomic mass is 16.3. The van der Waals surface area contributed by atoms with Crippen LogP contribution < -0.4 is 0 Å². The molecule has 0 amide bonds. The number of hydrogen-bond acceptors (Lipinski definition) is 1. The summed E-state index contributed by atoms with van der Waals surface area (Å²) in [6.45, 7) is 0.456. The van der Waals surface area contributed by atoms with Crippen molar-refractivity contribution in [2.24, 2.45) is 11.3 Å². The second kappa shape index (κ2) is 2.78. The first kappa shape index (κ1) is 7.60. The first-order chi connectivity index (χ1) is 5.37. The maximum Gasteiger partial charge on any atom is 0.0490 e. The molecule has 0 heterocycles. The molecule has 0 aromatic carbocycles. The Balaban J connectivity index is 2.01. The maximum atomic E-state index is 9.35. The molecule has 1 nitrogen and oxygen atoms in total. The van der Waals surface area contributed by atoms with E-state index in [0.717, 1.165) is 5.92 Å². The molecule has 0 aromatic heterocycles. The van der Waals surface area contributed by atoms with E-state index in [1.807, 2.05) is 0 Å². The lowest BCUT2D eigenvalue weighted by Gasteiger charge is -2.35. The highest BCUT2D eigenvalue weighted by Gasteiger charge is 2.44. The van der Waals surface area contributed by atoms with Gasteiger partial charge in [-0.05, 0) is 37.0 Å². The lowest BCUT2D eigenvalue weighted by atomic mass is 9.71. The van der Waals surface area contributed by atoms with E-state index in [2.05, 4.69) is 0 Å². The van der Waals surface area contributed by atoms with Gasteiger partial charge in [0.25, 0.3) is 0 Å². The molecule has 1 heteroatoms. The van der Waals surface area contributed by atoms with Gasteiger partial charge in [-0.1, -0.05) is 19.3 Å². The van der Waals surface area contributed by atoms with Crippen molar-refractivity contribution in [1.82, 2.24) is 0 Å². The zero-order chi connectivity index (χ0) is 7.73. The molecule has 0 aliphatic heterocycles. The minimum atomic E-state index is 0.387. The van der Waals surface area contributed by atoms with E-state index in [1.165, 1.54) is 44.9 Å². The first-order valence-electron chi connectivity index (χ1n) is 4.98. The first-order valence-corrected chi connectivity index (χ1v) is 4.98. The van der Waals surface area contributed by atoms with Crippen LogP contribution in [0.2, 0.25) is 0 Å². The second-order valence-corrected chi connectivity index (χ2v) is 4.36. The molecule has 0 unspecified atom stereocenters. The lowest BCUT2D eigenvalue weighted by molar-refractivity contribution is 0.0605. The summed E-state index contributed by atoms with van der Waals surface area (Å²) in [4.78, 5) is 0. The van der Waals surface area contributed by atoms with Gasteiger partial charge in [-0.2, -0.15) is 0 Å². The monoisotopic (exact) mass is 154 g/mol. The summed E-state index contributed by atoms with van der Waals surface area (Å²) in [5.74, 6) is 0.896. The van der Waals surface area contributed by atoms with Gasteiger partial charge < -0.3 is 5.11 Å². The Bertz CT molecular complexity index is 132. The van der Waals surface area contributed by atoms with Crippen LogP contribution in [0.4, 0.5) is 0 Å². The summed E-state index contributed by atoms with van der Waals surface area (Å²) in [6, 6.07) is 0. The summed E-state index contributed by atoms with van der Waals surface area (Å²) in [6.07, 6.45) is 9.49. The fourth-order valence-corrected chi connectivity index (χ4v) is 2.65. The quantitative estimate of drug-likeness (QED) is 0.647. The molecule has 0 spiro atoms. The number of aliphatic hydroxyl groups is 1. The Morgan fingerprint density at radius 1 is 1.09 bits per heavy atom. The van der Waals surface area contributed by atoms with Crippen molar-refractivity contribution in [2.75, 3.05) is 6.61 Å². The van der Waals surface area contributed by atoms with Gasteiger partial charge in [-0.3, -0.25) is 0 Å². The Morgan fingerprint density at radius 3 is 2.18 bits per heavy atom. The molecule has 2 rings (SSSR count). The topological polar surface area (TPSA) is 20.2 Å². The predicted molar refractivity (Wildman–Crippen MR) is 45.3 cm³/mol. The van der Waals surface area contributed by atoms with Crippen LogP contribution in [0.3, 0.4) is 0 Å². The van der Waals surface area contributed by atoms with E-state index in [1.54, 1.807) is 0 Å². The third-order valence-electron chi connectivity index (χ3n) is 3.61. The van der Waals surface area contributed by atoms with Crippen LogP contribution >= 0.6 is 0 Å². The highest BCUT2D eigenvalue weighted by Crippen LogP contribution is 2.53. The number of rotatable bonds is 2. The average Bonchev–Trinajstić information content (AvgIpc) is 2.88. The SMILES string of the molecule is OCC1(C2CC2)CCCCC1. The molecule has 0 aromatic rings. The van der Waals surface area contributed by atoms with Crippen molar-refractivity contribution in [1.29, 1.82) is 0 Å². The van der Waals surface area contributed by atoms with Crippen LogP contribution in [0.25, 0.3) is 0 Å². The third kappa shape index (κ3) is 1.31. The van der Waals surface area contributed by atoms with Crippen molar-refractivity contribution < 1.29 is 5.11 Å². The third-order valence-corrected chi connectivity index (χ3v) is 3.61. The molecule has 1 N–H and O–H groups in total. The van der Waals surface area contributed by atoms with Crippen molar-refractivity contribution in [3.8, 4) is 0 Å². The Kier molecular flexibility index (Phi) is 1.92. The molecule has 2 aliphatic carbocycles. The van der Waals surface area contributed by atoms with Crippen molar-refractivity contribution in [3.05, 3.63) is 0 Å². The Labute approximate surface area is 68.8 Å². The number of aliphatic hydroxyl groups excluding tert-OH is 1. The number of hydrogen-bond donors (Lipinski definition) is 1. The van der Waals surface area contributed by atoms with E-state index >= 15 is 0 Å². The van der Waals surface area contributed by atoms with Crippen LogP contribution in [0.1, 0.15) is 44.9 Å². The summed E-state index contributed by atoms with van der Waals surface area (Å²) < 4.78 is 0. The summed E-state index contributed by atoms with van der Waals surface area (Å²) in [5, 5.41) is 9.35. The van der Waals surface area contributed by atoms with E-state index in [-0.39, 0.29) is 0 Å². The molecule has 2 aliphatic rings. The Morgan fingerprint density at radius 2 is 1.73 bits per heavy atom. The second-order valence-electron chi connectivity index (χ2n) is 4.36. The normalized spacial score (nSPS) is 30.3. The van der Waals surface area contributed by atoms with Crippen LogP contribution in [0.15, 0.2) is 0 Å². The van der Waals surface area contributed by atoms with E-state index in [0.29, 0.717) is 12.0 Å². The minimum Gasteiger partial charge on any atom is -0.396 e. The van der Waals surface area contributed by atoms with Gasteiger partial charge in [0.15, 0.2) is 0 Å². The largest absolute Gasteiger partial charge is 0.396 e.